The first-order valence-electron chi connectivity index (χ1n) is 7.14. The number of nitrogen functional groups attached to an aromatic ring is 1. The van der Waals surface area contributed by atoms with Gasteiger partial charge in [0, 0.05) is 0 Å². The van der Waals surface area contributed by atoms with Crippen LogP contribution < -0.4 is 74.6 Å². The number of aromatic nitrogens is 4. The van der Waals surface area contributed by atoms with Crippen LogP contribution in [0.5, 0.6) is 0 Å². The Morgan fingerprint density at radius 3 is 2.35 bits per heavy atom. The minimum absolute atomic E-state index is 0. The van der Waals surface area contributed by atoms with Crippen molar-refractivity contribution in [3.8, 4) is 0 Å². The van der Waals surface area contributed by atoms with Crippen LogP contribution in [-0.2, 0) is 22.7 Å². The number of nitrogens with zero attached hydrogens (tertiary/aromatic N) is 4. The molecule has 0 radical (unpaired) electrons. The largest absolute Gasteiger partial charge is 1.00 e. The molecule has 17 nitrogen and oxygen atoms in total. The fourth-order valence-electron chi connectivity index (χ4n) is 2.47. The van der Waals surface area contributed by atoms with E-state index in [0.29, 0.717) is 0 Å². The third kappa shape index (κ3) is 7.99. The maximum absolute atomic E-state index is 11.3. The Morgan fingerprint density at radius 2 is 1.77 bits per heavy atom. The van der Waals surface area contributed by atoms with Gasteiger partial charge >= 0.3 is 59.1 Å². The van der Waals surface area contributed by atoms with Gasteiger partial charge < -0.3 is 50.8 Å². The molecule has 0 amide bonds. The van der Waals surface area contributed by atoms with Gasteiger partial charge in [-0.25, -0.2) is 19.3 Å². The molecule has 1 aliphatic heterocycles. The number of fused-ring (bicyclic) bond motifs is 1. The van der Waals surface area contributed by atoms with Gasteiger partial charge in [0.15, 0.2) is 17.7 Å². The van der Waals surface area contributed by atoms with Crippen molar-refractivity contribution in [2.75, 3.05) is 12.3 Å². The zero-order valence-corrected chi connectivity index (χ0v) is 21.9. The summed E-state index contributed by atoms with van der Waals surface area (Å²) >= 11 is 0. The van der Waals surface area contributed by atoms with Gasteiger partial charge in [-0.2, -0.15) is 0 Å². The summed E-state index contributed by atoms with van der Waals surface area (Å²) in [6.45, 7) is -0.904. The van der Waals surface area contributed by atoms with E-state index < -0.39 is 46.8 Å². The number of aliphatic hydroxyl groups excluding tert-OH is 2. The van der Waals surface area contributed by atoms with Crippen molar-refractivity contribution in [3.63, 3.8) is 0 Å². The Labute approximate surface area is 218 Å². The van der Waals surface area contributed by atoms with Crippen LogP contribution >= 0.6 is 15.6 Å². The summed E-state index contributed by atoms with van der Waals surface area (Å²) in [5.74, 6) is 0.0714. The normalized spacial score (nSPS) is 26.4. The number of rotatable bonds is 6. The Morgan fingerprint density at radius 1 is 1.16 bits per heavy atom. The van der Waals surface area contributed by atoms with Crippen LogP contribution in [0.1, 0.15) is 6.23 Å². The molecule has 1 saturated heterocycles. The Kier molecular flexibility index (Phi) is 13.8. The summed E-state index contributed by atoms with van der Waals surface area (Å²) in [5.41, 5.74) is 6.06. The summed E-state index contributed by atoms with van der Waals surface area (Å²) < 4.78 is 36.1. The molecule has 0 bridgehead atoms. The molecule has 21 heteroatoms. The molecule has 6 atom stereocenters. The predicted molar refractivity (Wildman–Crippen MR) is 87.4 cm³/mol. The summed E-state index contributed by atoms with van der Waals surface area (Å²) in [5, 5.41) is 20.2. The van der Waals surface area contributed by atoms with Gasteiger partial charge in [0.25, 0.3) is 15.6 Å². The van der Waals surface area contributed by atoms with Crippen LogP contribution in [0.4, 0.5) is 5.82 Å². The van der Waals surface area contributed by atoms with Crippen molar-refractivity contribution in [1.29, 1.82) is 0 Å². The molecule has 2 aromatic rings. The molecule has 31 heavy (non-hydrogen) atoms. The number of hydrogen-bond donors (Lipinski definition) is 4. The van der Waals surface area contributed by atoms with Gasteiger partial charge in [-0.15, -0.1) is 0 Å². The first-order valence-corrected chi connectivity index (χ1v) is 10.1. The average Bonchev–Trinajstić information content (AvgIpc) is 3.07. The van der Waals surface area contributed by atoms with Crippen LogP contribution in [0.3, 0.4) is 0 Å². The van der Waals surface area contributed by atoms with Gasteiger partial charge in [-0.05, 0) is 0 Å². The van der Waals surface area contributed by atoms with Gasteiger partial charge in [0.2, 0.25) is 0 Å². The smallest absolute Gasteiger partial charge is 0.756 e. The number of phosphoric acid groups is 2. The van der Waals surface area contributed by atoms with Crippen molar-refractivity contribution >= 4 is 32.6 Å². The van der Waals surface area contributed by atoms with E-state index in [1.807, 2.05) is 0 Å². The molecule has 0 aliphatic carbocycles. The summed E-state index contributed by atoms with van der Waals surface area (Å²) in [7, 11) is -11.0. The monoisotopic (exact) mass is 507 g/mol. The molecule has 166 valence electrons. The zero-order chi connectivity index (χ0) is 20.0. The van der Waals surface area contributed by atoms with E-state index in [-0.39, 0.29) is 87.0 Å². The number of imidazole rings is 1. The van der Waals surface area contributed by atoms with E-state index in [0.717, 1.165) is 6.33 Å². The molecule has 1 aliphatic rings. The maximum Gasteiger partial charge on any atom is 1.00 e. The van der Waals surface area contributed by atoms with E-state index in [4.69, 9.17) is 15.4 Å². The van der Waals surface area contributed by atoms with Gasteiger partial charge in [-0.3, -0.25) is 13.7 Å². The molecule has 0 aromatic carbocycles. The molecule has 2 unspecified atom stereocenters. The van der Waals surface area contributed by atoms with Crippen LogP contribution in [0.25, 0.3) is 11.2 Å². The molecule has 0 saturated carbocycles. The summed E-state index contributed by atoms with van der Waals surface area (Å²) in [6.07, 6.45) is -3.40. The third-order valence-corrected chi connectivity index (χ3v) is 5.69. The van der Waals surface area contributed by atoms with E-state index in [1.165, 1.54) is 10.9 Å². The number of phosphoric ester groups is 1. The second-order valence-electron chi connectivity index (χ2n) is 5.42. The summed E-state index contributed by atoms with van der Waals surface area (Å²) in [6, 6.07) is 0. The topological polar surface area (TPSA) is 301 Å². The average molecular weight is 507 g/mol. The molecule has 0 spiro atoms. The molecular weight excluding hydrogens is 490 g/mol. The fraction of sp³-hybridized carbons (Fsp3) is 0.500. The quantitative estimate of drug-likeness (QED) is 0.208. The minimum Gasteiger partial charge on any atom is -0.756 e. The van der Waals surface area contributed by atoms with Crippen LogP contribution in [0, 0.1) is 0 Å². The summed E-state index contributed by atoms with van der Waals surface area (Å²) in [4.78, 5) is 41.9. The fourth-order valence-corrected chi connectivity index (χ4v) is 4.00. The SMILES string of the molecule is Nc1ncnc2c1ncn2[C@@H]1O[C@H](COP(=O)([O-])OP(=O)([O-])O)[C@@H](O)[C@H]1O.O.O.[Na+].[Na+]. The van der Waals surface area contributed by atoms with Crippen molar-refractivity contribution in [2.45, 2.75) is 24.5 Å². The van der Waals surface area contributed by atoms with Crippen LogP contribution in [-0.4, -0.2) is 70.5 Å². The number of nitrogens with two attached hydrogens (primary N) is 1. The number of ether oxygens (including phenoxy) is 1. The first-order chi connectivity index (χ1) is 12.5. The Bertz CT molecular complexity index is 946. The number of aliphatic hydroxyl groups is 2. The van der Waals surface area contributed by atoms with Gasteiger partial charge in [-0.1, -0.05) is 0 Å². The molecule has 3 heterocycles. The second-order valence-corrected chi connectivity index (χ2v) is 8.17. The van der Waals surface area contributed by atoms with Gasteiger partial charge in [0.1, 0.15) is 30.2 Å². The predicted octanol–water partition coefficient (Wildman–Crippen LogP) is -10.7. The Balaban J connectivity index is 0. The van der Waals surface area contributed by atoms with Gasteiger partial charge in [0.05, 0.1) is 12.9 Å². The number of anilines is 1. The van der Waals surface area contributed by atoms with E-state index in [1.54, 1.807) is 0 Å². The van der Waals surface area contributed by atoms with Crippen molar-refractivity contribution in [3.05, 3.63) is 12.7 Å². The molecule has 9 N–H and O–H groups in total. The minimum atomic E-state index is -5.60. The van der Waals surface area contributed by atoms with E-state index in [9.17, 15) is 29.1 Å². The molecule has 1 fully saturated rings. The zero-order valence-electron chi connectivity index (χ0n) is 16.1. The van der Waals surface area contributed by atoms with Crippen molar-refractivity contribution < 1.29 is 118 Å². The maximum atomic E-state index is 11.3. The molecule has 3 rings (SSSR count). The van der Waals surface area contributed by atoms with Crippen LogP contribution in [0.15, 0.2) is 12.7 Å². The van der Waals surface area contributed by atoms with Crippen molar-refractivity contribution in [2.24, 2.45) is 0 Å². The molecule has 2 aromatic heterocycles. The van der Waals surface area contributed by atoms with Crippen LogP contribution in [0.2, 0.25) is 0 Å². The second kappa shape index (κ2) is 12.8. The van der Waals surface area contributed by atoms with E-state index >= 15 is 0 Å². The first kappa shape index (κ1) is 33.6. The molecular formula is C10H17N5Na2O12P2. The van der Waals surface area contributed by atoms with E-state index in [2.05, 4.69) is 23.8 Å². The third-order valence-electron chi connectivity index (χ3n) is 3.60. The number of hydrogen-bond acceptors (Lipinski definition) is 13. The van der Waals surface area contributed by atoms with Crippen molar-refractivity contribution in [1.82, 2.24) is 19.5 Å². The Hall–Kier alpha value is 0.410. The standard InChI is InChI=1S/C10H15N5O10P2.2Na.2H2O/c11-8-5-9(13-2-12-8)15(3-14-5)10-7(17)6(16)4(24-10)1-23-27(21,22)25-26(18,19)20;;;;/h2-4,6-7,10,16-17H,1H2,(H,21,22)(H2,11,12,13)(H2,18,19,20);;;2*1H2/q;2*+1;;/p-2/t4-,6-,7-,10-;;;;/m1..../s1.